The lowest BCUT2D eigenvalue weighted by molar-refractivity contribution is -0.121. The Kier molecular flexibility index (Phi) is 15.5. The Morgan fingerprint density at radius 1 is 0.873 bits per heavy atom. The lowest BCUT2D eigenvalue weighted by Gasteiger charge is -2.27. The summed E-state index contributed by atoms with van der Waals surface area (Å²) in [5, 5.41) is 1.77. The van der Waals surface area contributed by atoms with Gasteiger partial charge in [-0.3, -0.25) is 19.4 Å². The van der Waals surface area contributed by atoms with Gasteiger partial charge in [-0.1, -0.05) is 104 Å². The van der Waals surface area contributed by atoms with Crippen LogP contribution in [0, 0.1) is 0 Å². The van der Waals surface area contributed by atoms with Crippen LogP contribution in [0.3, 0.4) is 0 Å². The number of urea groups is 1. The number of imide groups is 1. The predicted molar refractivity (Wildman–Crippen MR) is 209 cm³/mol. The molecule has 20 heteroatoms. The van der Waals surface area contributed by atoms with Crippen molar-refractivity contribution in [3.8, 4) is 0 Å². The molecule has 2 saturated heterocycles. The highest BCUT2D eigenvalue weighted by Gasteiger charge is 2.43. The summed E-state index contributed by atoms with van der Waals surface area (Å²) in [5.41, 5.74) is 5.88. The summed E-state index contributed by atoms with van der Waals surface area (Å²) in [6.45, 7) is 1.93. The fourth-order valence-corrected chi connectivity index (χ4v) is 7.89. The van der Waals surface area contributed by atoms with Crippen molar-refractivity contribution in [2.45, 2.75) is 69.0 Å². The normalized spacial score (nSPS) is 21.3. The lowest BCUT2D eigenvalue weighted by Crippen LogP contribution is -2.48. The molecule has 3 N–H and O–H groups in total. The van der Waals surface area contributed by atoms with E-state index in [-0.39, 0.29) is 39.5 Å². The summed E-state index contributed by atoms with van der Waals surface area (Å²) >= 11 is 10.6. The maximum absolute atomic E-state index is 13.0. The van der Waals surface area contributed by atoms with Crippen LogP contribution in [0.15, 0.2) is 99.9 Å². The number of benzene rings is 3. The third-order valence-corrected chi connectivity index (χ3v) is 10.4. The molecule has 0 unspecified atom stereocenters. The fourth-order valence-electron chi connectivity index (χ4n) is 5.59. The minimum Gasteiger partial charge on any atom is -0.361 e. The van der Waals surface area contributed by atoms with E-state index in [0.717, 1.165) is 36.1 Å². The van der Waals surface area contributed by atoms with Gasteiger partial charge in [-0.2, -0.15) is 9.98 Å². The van der Waals surface area contributed by atoms with E-state index in [1.807, 2.05) is 31.2 Å². The zero-order chi connectivity index (χ0) is 40.3. The van der Waals surface area contributed by atoms with Gasteiger partial charge in [0.15, 0.2) is 16.0 Å². The summed E-state index contributed by atoms with van der Waals surface area (Å²) in [6, 6.07) is 22.9. The molecule has 3 aromatic rings. The third-order valence-electron chi connectivity index (χ3n) is 7.86. The molecule has 10 nitrogen and oxygen atoms in total. The molecule has 3 aromatic carbocycles. The number of alkyl halides is 6. The third kappa shape index (κ3) is 13.5. The number of hydrogen-bond donors (Lipinski definition) is 3. The second-order valence-corrected chi connectivity index (χ2v) is 14.8. The van der Waals surface area contributed by atoms with Crippen LogP contribution in [0.25, 0.3) is 0 Å². The first-order chi connectivity index (χ1) is 25.9. The van der Waals surface area contributed by atoms with Gasteiger partial charge in [-0.25, -0.2) is 9.79 Å². The Hall–Kier alpha value is -4.20. The number of carbonyl (C=O) groups excluding carboxylic acids is 3. The summed E-state index contributed by atoms with van der Waals surface area (Å²) in [7, 11) is 0. The number of anilines is 1. The van der Waals surface area contributed by atoms with E-state index in [0.29, 0.717) is 22.5 Å². The molecular formula is C35H34ClF6N7O3S3. The van der Waals surface area contributed by atoms with Crippen LogP contribution in [0.1, 0.15) is 49.8 Å². The summed E-state index contributed by atoms with van der Waals surface area (Å²) < 4.78 is 77.3. The highest BCUT2D eigenvalue weighted by Crippen LogP contribution is 2.43. The molecule has 55 heavy (non-hydrogen) atoms. The number of thioether (sulfide) groups is 2. The molecule has 0 spiro atoms. The molecule has 1 aliphatic carbocycles. The maximum atomic E-state index is 13.0. The van der Waals surface area contributed by atoms with Crippen LogP contribution in [0.4, 0.5) is 52.1 Å². The van der Waals surface area contributed by atoms with Crippen LogP contribution in [-0.2, 0) is 0 Å². The van der Waals surface area contributed by atoms with Crippen molar-refractivity contribution < 1.29 is 40.7 Å². The Morgan fingerprint density at radius 2 is 1.42 bits per heavy atom. The number of nitrogens with two attached hydrogens (primary N) is 1. The number of halogens is 7. The number of aliphatic imine (C=N–C) groups is 3. The van der Waals surface area contributed by atoms with Crippen LogP contribution in [0.5, 0.6) is 0 Å². The molecule has 2 atom stereocenters. The minimum atomic E-state index is -5.10. The van der Waals surface area contributed by atoms with Gasteiger partial charge in [-0.05, 0) is 73.5 Å². The second-order valence-electron chi connectivity index (χ2n) is 11.9. The van der Waals surface area contributed by atoms with Crippen molar-refractivity contribution in [3.63, 3.8) is 0 Å². The van der Waals surface area contributed by atoms with E-state index < -0.39 is 28.7 Å². The number of carbonyl (C=O) groups is 3. The van der Waals surface area contributed by atoms with Crippen molar-refractivity contribution in [2.24, 2.45) is 20.7 Å². The van der Waals surface area contributed by atoms with Crippen molar-refractivity contribution in [1.29, 1.82) is 0 Å². The number of hydrogen-bond acceptors (Lipinski definition) is 8. The molecule has 1 saturated carbocycles. The number of thiol groups is 1. The van der Waals surface area contributed by atoms with Gasteiger partial charge in [0.25, 0.3) is 10.5 Å². The molecular weight excluding hydrogens is 812 g/mol. The van der Waals surface area contributed by atoms with Crippen LogP contribution < -0.4 is 16.0 Å². The van der Waals surface area contributed by atoms with E-state index in [1.165, 1.54) is 47.3 Å². The van der Waals surface area contributed by atoms with Gasteiger partial charge in [-0.15, -0.1) is 26.3 Å². The topological polar surface area (TPSA) is 133 Å². The Labute approximate surface area is 331 Å². The Bertz CT molecular complexity index is 1880. The fraction of sp³-hybridized carbons (Fsp3) is 0.314. The first kappa shape index (κ1) is 43.5. The quantitative estimate of drug-likeness (QED) is 0.136. The number of nitrogens with zero attached hydrogens (tertiary/aromatic N) is 5. The second kappa shape index (κ2) is 19.6. The molecule has 4 amide bonds. The number of para-hydroxylation sites is 2. The number of rotatable bonds is 4. The molecule has 2 heterocycles. The predicted octanol–water partition coefficient (Wildman–Crippen LogP) is 10.7. The summed E-state index contributed by atoms with van der Waals surface area (Å²) in [6.07, 6.45) is -4.62. The van der Waals surface area contributed by atoms with Crippen molar-refractivity contribution in [1.82, 2.24) is 10.2 Å². The van der Waals surface area contributed by atoms with Gasteiger partial charge < -0.3 is 11.1 Å². The zero-order valence-corrected chi connectivity index (χ0v) is 32.1. The van der Waals surface area contributed by atoms with Crippen LogP contribution in [0.2, 0.25) is 5.02 Å². The minimum absolute atomic E-state index is 0.0446. The number of nitrogens with one attached hydrogen (secondary N) is 1. The Morgan fingerprint density at radius 3 is 1.96 bits per heavy atom. The van der Waals surface area contributed by atoms with Gasteiger partial charge in [0.05, 0.1) is 17.0 Å². The van der Waals surface area contributed by atoms with Crippen LogP contribution >= 0.6 is 47.8 Å². The monoisotopic (exact) mass is 845 g/mol. The van der Waals surface area contributed by atoms with Crippen LogP contribution in [-0.4, -0.2) is 62.1 Å². The molecule has 6 rings (SSSR count). The molecule has 294 valence electrons. The molecule has 0 radical (unpaired) electrons. The standard InChI is InChI=1S/C17H21ClN2O2S.C17H10F6N4S.CH3NOS/c1-11-15(12-7-9-13(18)10-8-12)23-17(22)20(11)16(21)19-14-5-3-2-4-6-14;18-16(19,20)25-13-14(26-17(21,22)23)28-15(24-11-7-3-1-4-8-11)27(13)12-9-5-2-6-10-12;2-1(3)4/h7-11,14-15H,2-6H2,1H3,(H,19,21);1-10H;(H3,2,3,4)/b;24-15-,25-13+,26-14-;/t11-,15+;;/m0../s1. The van der Waals surface area contributed by atoms with Crippen molar-refractivity contribution in [2.75, 3.05) is 4.90 Å². The number of amidine groups is 2. The van der Waals surface area contributed by atoms with Crippen molar-refractivity contribution >= 4 is 91.7 Å². The smallest absolute Gasteiger partial charge is 0.361 e. The molecule has 3 aliphatic rings. The highest BCUT2D eigenvalue weighted by atomic mass is 35.5. The van der Waals surface area contributed by atoms with Gasteiger partial charge in [0.2, 0.25) is 0 Å². The largest absolute Gasteiger partial charge is 0.505 e. The van der Waals surface area contributed by atoms with E-state index in [4.69, 9.17) is 16.4 Å². The highest BCUT2D eigenvalue weighted by molar-refractivity contribution is 8.29. The number of amides is 4. The van der Waals surface area contributed by atoms with E-state index in [1.54, 1.807) is 36.4 Å². The average Bonchev–Trinajstić information content (AvgIpc) is 3.58. The first-order valence-electron chi connectivity index (χ1n) is 16.5. The Balaban J connectivity index is 0.000000226. The average molecular weight is 846 g/mol. The molecule has 2 aliphatic heterocycles. The van der Waals surface area contributed by atoms with Gasteiger partial charge >= 0.3 is 18.6 Å². The zero-order valence-electron chi connectivity index (χ0n) is 28.8. The van der Waals surface area contributed by atoms with Crippen molar-refractivity contribution in [3.05, 3.63) is 95.5 Å². The molecule has 0 aromatic heterocycles. The molecule has 0 bridgehead atoms. The molecule has 3 fully saturated rings. The van der Waals surface area contributed by atoms with E-state index in [2.05, 4.69) is 38.7 Å². The number of primary amides is 1. The summed E-state index contributed by atoms with van der Waals surface area (Å²) in [4.78, 5) is 45.4. The van der Waals surface area contributed by atoms with E-state index >= 15 is 0 Å². The SMILES string of the molecule is C[C@H]1[C@H](c2ccc(Cl)cc2)SC(=O)N1C(=O)NC1CCCCC1.FC(F)(F)/N=C1\S/C(=N\c2ccccc2)N(c2ccccc2)\C1=N\C(F)(F)F.NC(=O)S. The lowest BCUT2D eigenvalue weighted by atomic mass is 9.96. The maximum Gasteiger partial charge on any atom is 0.505 e. The van der Waals surface area contributed by atoms with Gasteiger partial charge in [0, 0.05) is 16.8 Å². The van der Waals surface area contributed by atoms with E-state index in [9.17, 15) is 35.9 Å². The van der Waals surface area contributed by atoms with Gasteiger partial charge in [0.1, 0.15) is 0 Å². The first-order valence-corrected chi connectivity index (χ1v) is 19.0. The summed E-state index contributed by atoms with van der Waals surface area (Å²) in [5.74, 6) is -0.990.